The molecule has 1 saturated heterocycles. The van der Waals surface area contributed by atoms with Crippen molar-refractivity contribution in [3.05, 3.63) is 40.4 Å². The number of amides is 1. The summed E-state index contributed by atoms with van der Waals surface area (Å²) in [5.41, 5.74) is 3.81. The molecule has 26 heavy (non-hydrogen) atoms. The molecule has 8 nitrogen and oxygen atoms in total. The van der Waals surface area contributed by atoms with Gasteiger partial charge in [0.25, 0.3) is 15.9 Å². The van der Waals surface area contributed by atoms with Crippen molar-refractivity contribution in [2.24, 2.45) is 0 Å². The zero-order valence-electron chi connectivity index (χ0n) is 14.5. The molecular formula is C16H20N4O4S2. The minimum absolute atomic E-state index is 0.130. The number of hydrogen-bond acceptors (Lipinski definition) is 7. The molecule has 3 rings (SSSR count). The Balaban J connectivity index is 1.66. The van der Waals surface area contributed by atoms with E-state index in [2.05, 4.69) is 15.2 Å². The second-order valence-corrected chi connectivity index (χ2v) is 8.43. The number of hydrogen-bond donors (Lipinski definition) is 2. The van der Waals surface area contributed by atoms with Gasteiger partial charge in [-0.25, -0.2) is 13.4 Å². The topological polar surface area (TPSA) is 101 Å². The van der Waals surface area contributed by atoms with Gasteiger partial charge in [-0.05, 0) is 31.0 Å². The molecule has 2 N–H and O–H groups in total. The molecule has 0 radical (unpaired) electrons. The van der Waals surface area contributed by atoms with E-state index in [1.165, 1.54) is 11.3 Å². The van der Waals surface area contributed by atoms with Crippen LogP contribution in [0.5, 0.6) is 0 Å². The highest BCUT2D eigenvalue weighted by Crippen LogP contribution is 2.21. The molecule has 0 atom stereocenters. The van der Waals surface area contributed by atoms with Crippen LogP contribution in [0.1, 0.15) is 21.6 Å². The molecule has 1 aromatic heterocycles. The highest BCUT2D eigenvalue weighted by Gasteiger charge is 2.21. The zero-order chi connectivity index (χ0) is 18.7. The van der Waals surface area contributed by atoms with Crippen molar-refractivity contribution in [1.29, 1.82) is 0 Å². The summed E-state index contributed by atoms with van der Waals surface area (Å²) in [4.78, 5) is 20.8. The maximum absolute atomic E-state index is 12.4. The first kappa shape index (κ1) is 18.8. The lowest BCUT2D eigenvalue weighted by Gasteiger charge is -2.25. The Morgan fingerprint density at radius 2 is 2.00 bits per heavy atom. The summed E-state index contributed by atoms with van der Waals surface area (Å²) in [6.45, 7) is 6.18. The molecule has 10 heteroatoms. The molecule has 140 valence electrons. The average Bonchev–Trinajstić information content (AvgIpc) is 3.13. The SMILES string of the molecule is Cc1ccc(C)c(S(=O)(=O)NNC(=O)c2csc(N3CCOCC3)n2)c1. The monoisotopic (exact) mass is 396 g/mol. The van der Waals surface area contributed by atoms with E-state index in [-0.39, 0.29) is 10.6 Å². The predicted octanol–water partition coefficient (Wildman–Crippen LogP) is 1.22. The molecule has 1 aliphatic heterocycles. The van der Waals surface area contributed by atoms with Crippen LogP contribution in [0, 0.1) is 13.8 Å². The smallest absolute Gasteiger partial charge is 0.285 e. The van der Waals surface area contributed by atoms with E-state index >= 15 is 0 Å². The average molecular weight is 396 g/mol. The number of aryl methyl sites for hydroxylation is 2. The van der Waals surface area contributed by atoms with Gasteiger partial charge in [0.1, 0.15) is 5.69 Å². The van der Waals surface area contributed by atoms with Crippen LogP contribution in [0.2, 0.25) is 0 Å². The Kier molecular flexibility index (Phi) is 5.56. The number of carbonyl (C=O) groups excluding carboxylic acids is 1. The van der Waals surface area contributed by atoms with Gasteiger partial charge in [-0.3, -0.25) is 10.2 Å². The number of rotatable bonds is 5. The number of aromatic nitrogens is 1. The second kappa shape index (κ2) is 7.70. The van der Waals surface area contributed by atoms with Crippen LogP contribution in [-0.2, 0) is 14.8 Å². The third-order valence-electron chi connectivity index (χ3n) is 3.94. The second-order valence-electron chi connectivity index (χ2n) is 5.94. The number of anilines is 1. The highest BCUT2D eigenvalue weighted by atomic mass is 32.2. The fourth-order valence-electron chi connectivity index (χ4n) is 2.50. The maximum atomic E-state index is 12.4. The number of nitrogens with one attached hydrogen (secondary N) is 2. The lowest BCUT2D eigenvalue weighted by atomic mass is 10.2. The van der Waals surface area contributed by atoms with Crippen molar-refractivity contribution in [2.75, 3.05) is 31.2 Å². The van der Waals surface area contributed by atoms with E-state index < -0.39 is 15.9 Å². The quantitative estimate of drug-likeness (QED) is 0.737. The van der Waals surface area contributed by atoms with E-state index in [4.69, 9.17) is 4.74 Å². The van der Waals surface area contributed by atoms with Crippen LogP contribution in [0.4, 0.5) is 5.13 Å². The first-order valence-electron chi connectivity index (χ1n) is 8.04. The third kappa shape index (κ3) is 4.21. The Labute approximate surface area is 156 Å². The summed E-state index contributed by atoms with van der Waals surface area (Å²) in [6.07, 6.45) is 0. The van der Waals surface area contributed by atoms with Crippen LogP contribution < -0.4 is 15.2 Å². The fourth-order valence-corrected chi connectivity index (χ4v) is 4.53. The molecule has 0 saturated carbocycles. The van der Waals surface area contributed by atoms with Gasteiger partial charge in [0, 0.05) is 18.5 Å². The first-order chi connectivity index (χ1) is 12.4. The largest absolute Gasteiger partial charge is 0.378 e. The van der Waals surface area contributed by atoms with Crippen molar-refractivity contribution in [3.8, 4) is 0 Å². The van der Waals surface area contributed by atoms with Gasteiger partial charge in [0.05, 0.1) is 18.1 Å². The predicted molar refractivity (Wildman–Crippen MR) is 98.8 cm³/mol. The number of ether oxygens (including phenoxy) is 1. The molecular weight excluding hydrogens is 376 g/mol. The molecule has 0 unspecified atom stereocenters. The minimum Gasteiger partial charge on any atom is -0.378 e. The molecule has 0 spiro atoms. The summed E-state index contributed by atoms with van der Waals surface area (Å²) in [5, 5.41) is 2.32. The number of carbonyl (C=O) groups is 1. The van der Waals surface area contributed by atoms with Crippen LogP contribution in [0.3, 0.4) is 0 Å². The zero-order valence-corrected chi connectivity index (χ0v) is 16.1. The van der Waals surface area contributed by atoms with Gasteiger partial charge in [0.15, 0.2) is 5.13 Å². The fraction of sp³-hybridized carbons (Fsp3) is 0.375. The van der Waals surface area contributed by atoms with Crippen molar-refractivity contribution in [2.45, 2.75) is 18.7 Å². The first-order valence-corrected chi connectivity index (χ1v) is 10.4. The number of benzene rings is 1. The summed E-state index contributed by atoms with van der Waals surface area (Å²) < 4.78 is 30.1. The number of hydrazine groups is 1. The lowest BCUT2D eigenvalue weighted by molar-refractivity contribution is 0.0940. The standard InChI is InChI=1S/C16H20N4O4S2/c1-11-3-4-12(2)14(9-11)26(22,23)19-18-15(21)13-10-25-16(17-13)20-5-7-24-8-6-20/h3-4,9-10,19H,5-8H2,1-2H3,(H,18,21). The molecule has 0 bridgehead atoms. The highest BCUT2D eigenvalue weighted by molar-refractivity contribution is 7.89. The summed E-state index contributed by atoms with van der Waals surface area (Å²) in [7, 11) is -3.86. The van der Waals surface area contributed by atoms with Crippen LogP contribution in [-0.4, -0.2) is 45.6 Å². The summed E-state index contributed by atoms with van der Waals surface area (Å²) >= 11 is 1.34. The van der Waals surface area contributed by atoms with Gasteiger partial charge < -0.3 is 9.64 Å². The number of morpholine rings is 1. The maximum Gasteiger partial charge on any atom is 0.285 e. The van der Waals surface area contributed by atoms with Crippen LogP contribution in [0.25, 0.3) is 0 Å². The molecule has 1 amide bonds. The molecule has 1 fully saturated rings. The lowest BCUT2D eigenvalue weighted by Crippen LogP contribution is -2.42. The van der Waals surface area contributed by atoms with E-state index in [9.17, 15) is 13.2 Å². The molecule has 2 aromatic rings. The van der Waals surface area contributed by atoms with Gasteiger partial charge >= 0.3 is 0 Å². The Morgan fingerprint density at radius 1 is 1.27 bits per heavy atom. The molecule has 0 aliphatic carbocycles. The van der Waals surface area contributed by atoms with E-state index in [0.717, 1.165) is 10.7 Å². The normalized spacial score (nSPS) is 15.1. The third-order valence-corrected chi connectivity index (χ3v) is 6.23. The van der Waals surface area contributed by atoms with Crippen molar-refractivity contribution in [3.63, 3.8) is 0 Å². The van der Waals surface area contributed by atoms with Crippen LogP contribution in [0.15, 0.2) is 28.5 Å². The Hall–Kier alpha value is -2.01. The van der Waals surface area contributed by atoms with E-state index in [0.29, 0.717) is 31.9 Å². The van der Waals surface area contributed by atoms with Crippen molar-refractivity contribution in [1.82, 2.24) is 15.2 Å². The summed E-state index contributed by atoms with van der Waals surface area (Å²) in [5.74, 6) is -0.602. The van der Waals surface area contributed by atoms with Gasteiger partial charge in [-0.15, -0.1) is 16.2 Å². The molecule has 2 heterocycles. The van der Waals surface area contributed by atoms with Crippen molar-refractivity contribution < 1.29 is 17.9 Å². The molecule has 1 aromatic carbocycles. The van der Waals surface area contributed by atoms with Gasteiger partial charge in [-0.2, -0.15) is 0 Å². The minimum atomic E-state index is -3.86. The molecule has 1 aliphatic rings. The number of thiazole rings is 1. The van der Waals surface area contributed by atoms with E-state index in [1.54, 1.807) is 31.4 Å². The summed E-state index contributed by atoms with van der Waals surface area (Å²) in [6, 6.07) is 5.11. The number of sulfonamides is 1. The Morgan fingerprint density at radius 3 is 2.73 bits per heavy atom. The number of nitrogens with zero attached hydrogens (tertiary/aromatic N) is 2. The van der Waals surface area contributed by atoms with Gasteiger partial charge in [0.2, 0.25) is 0 Å². The van der Waals surface area contributed by atoms with Crippen LogP contribution >= 0.6 is 11.3 Å². The Bertz CT molecular complexity index is 905. The van der Waals surface area contributed by atoms with Crippen molar-refractivity contribution >= 4 is 32.4 Å². The van der Waals surface area contributed by atoms with E-state index in [1.807, 2.05) is 11.0 Å². The van der Waals surface area contributed by atoms with Gasteiger partial charge in [-0.1, -0.05) is 12.1 Å².